The minimum Gasteiger partial charge on any atom is -0.495 e. The molecule has 3 rings (SSSR count). The Balaban J connectivity index is 1.96. The van der Waals surface area contributed by atoms with Crippen molar-refractivity contribution in [2.75, 3.05) is 7.11 Å². The summed E-state index contributed by atoms with van der Waals surface area (Å²) in [5.41, 5.74) is 1.91. The molecule has 160 valence electrons. The van der Waals surface area contributed by atoms with Crippen molar-refractivity contribution < 1.29 is 17.7 Å². The van der Waals surface area contributed by atoms with E-state index in [2.05, 4.69) is 10.1 Å². The highest BCUT2D eigenvalue weighted by molar-refractivity contribution is 7.89. The molecule has 0 saturated heterocycles. The Morgan fingerprint density at radius 3 is 2.53 bits per heavy atom. The van der Waals surface area contributed by atoms with Gasteiger partial charge in [0.25, 0.3) is 0 Å². The summed E-state index contributed by atoms with van der Waals surface area (Å²) in [4.78, 5) is 4.39. The minimum atomic E-state index is -3.94. The van der Waals surface area contributed by atoms with Gasteiger partial charge in [-0.1, -0.05) is 53.5 Å². The summed E-state index contributed by atoms with van der Waals surface area (Å²) in [6, 6.07) is 11.9. The number of hydrogen-bond acceptors (Lipinski definition) is 6. The summed E-state index contributed by atoms with van der Waals surface area (Å²) in [6.45, 7) is 5.66. The third-order valence-corrected chi connectivity index (χ3v) is 7.08. The highest BCUT2D eigenvalue weighted by atomic mass is 35.5. The molecule has 1 aromatic heterocycles. The molecule has 0 unspecified atom stereocenters. The maximum atomic E-state index is 13.5. The molecule has 0 aliphatic carbocycles. The van der Waals surface area contributed by atoms with Crippen LogP contribution in [0.4, 0.5) is 0 Å². The van der Waals surface area contributed by atoms with E-state index >= 15 is 0 Å². The zero-order valence-corrected chi connectivity index (χ0v) is 18.9. The van der Waals surface area contributed by atoms with Crippen LogP contribution in [-0.2, 0) is 16.6 Å². The molecule has 1 heterocycles. The smallest absolute Gasteiger partial charge is 0.247 e. The molecule has 0 aliphatic rings. The molecule has 7 nitrogen and oxygen atoms in total. The van der Waals surface area contributed by atoms with Gasteiger partial charge in [0, 0.05) is 16.6 Å². The average molecular weight is 450 g/mol. The van der Waals surface area contributed by atoms with Gasteiger partial charge in [0.15, 0.2) is 0 Å². The van der Waals surface area contributed by atoms with E-state index in [-0.39, 0.29) is 29.1 Å². The molecule has 2 aromatic carbocycles. The zero-order valence-electron chi connectivity index (χ0n) is 17.3. The third kappa shape index (κ3) is 4.66. The van der Waals surface area contributed by atoms with Crippen LogP contribution >= 0.6 is 11.6 Å². The SMILES string of the molecule is CC[C@@H](C)N(Cc1nc(-c2ccc(C)cc2)no1)S(=O)(=O)c1cc(Cl)ccc1OC. The second kappa shape index (κ2) is 9.16. The molecule has 0 fully saturated rings. The van der Waals surface area contributed by atoms with Gasteiger partial charge in [0.05, 0.1) is 13.7 Å². The van der Waals surface area contributed by atoms with E-state index in [1.165, 1.54) is 23.5 Å². The van der Waals surface area contributed by atoms with Crippen LogP contribution in [0.25, 0.3) is 11.4 Å². The Hall–Kier alpha value is -2.42. The van der Waals surface area contributed by atoms with E-state index in [1.54, 1.807) is 6.07 Å². The van der Waals surface area contributed by atoms with E-state index < -0.39 is 10.0 Å². The number of methoxy groups -OCH3 is 1. The largest absolute Gasteiger partial charge is 0.495 e. The van der Waals surface area contributed by atoms with Crippen molar-refractivity contribution in [1.29, 1.82) is 0 Å². The molecular weight excluding hydrogens is 426 g/mol. The maximum absolute atomic E-state index is 13.5. The maximum Gasteiger partial charge on any atom is 0.247 e. The van der Waals surface area contributed by atoms with Crippen LogP contribution in [0.1, 0.15) is 31.7 Å². The van der Waals surface area contributed by atoms with Crippen LogP contribution in [-0.4, -0.2) is 36.0 Å². The molecule has 0 N–H and O–H groups in total. The first-order valence-corrected chi connectivity index (χ1v) is 11.3. The number of hydrogen-bond donors (Lipinski definition) is 0. The Morgan fingerprint density at radius 1 is 1.20 bits per heavy atom. The summed E-state index contributed by atoms with van der Waals surface area (Å²) in [7, 11) is -2.52. The lowest BCUT2D eigenvalue weighted by Gasteiger charge is -2.27. The van der Waals surface area contributed by atoms with Gasteiger partial charge in [-0.15, -0.1) is 0 Å². The van der Waals surface area contributed by atoms with Gasteiger partial charge >= 0.3 is 0 Å². The first-order valence-electron chi connectivity index (χ1n) is 9.51. The fourth-order valence-corrected chi connectivity index (χ4v) is 5.01. The number of benzene rings is 2. The fourth-order valence-electron chi connectivity index (χ4n) is 2.93. The van der Waals surface area contributed by atoms with E-state index in [4.69, 9.17) is 20.9 Å². The van der Waals surface area contributed by atoms with Gasteiger partial charge in [-0.25, -0.2) is 8.42 Å². The average Bonchev–Trinajstić information content (AvgIpc) is 3.20. The van der Waals surface area contributed by atoms with Gasteiger partial charge in [-0.3, -0.25) is 0 Å². The highest BCUT2D eigenvalue weighted by Gasteiger charge is 2.33. The van der Waals surface area contributed by atoms with Crippen LogP contribution in [0, 0.1) is 6.92 Å². The minimum absolute atomic E-state index is 0.00364. The van der Waals surface area contributed by atoms with E-state index in [0.29, 0.717) is 17.3 Å². The molecule has 0 bridgehead atoms. The van der Waals surface area contributed by atoms with Crippen molar-refractivity contribution in [1.82, 2.24) is 14.4 Å². The van der Waals surface area contributed by atoms with Crippen LogP contribution in [0.15, 0.2) is 51.9 Å². The molecule has 30 heavy (non-hydrogen) atoms. The second-order valence-corrected chi connectivity index (χ2v) is 9.28. The first-order chi connectivity index (χ1) is 14.3. The molecular formula is C21H24ClN3O4S. The van der Waals surface area contributed by atoms with Crippen LogP contribution in [0.5, 0.6) is 5.75 Å². The molecule has 3 aromatic rings. The molecule has 0 radical (unpaired) electrons. The second-order valence-electron chi connectivity index (χ2n) is 6.98. The lowest BCUT2D eigenvalue weighted by Crippen LogP contribution is -2.38. The number of sulfonamides is 1. The number of halogens is 1. The van der Waals surface area contributed by atoms with Gasteiger partial charge < -0.3 is 9.26 Å². The summed E-state index contributed by atoms with van der Waals surface area (Å²) < 4.78 is 38.9. The van der Waals surface area contributed by atoms with Gasteiger partial charge in [0.2, 0.25) is 21.7 Å². The van der Waals surface area contributed by atoms with Crippen molar-refractivity contribution in [2.45, 2.75) is 44.7 Å². The first kappa shape index (κ1) is 22.3. The number of rotatable bonds is 8. The molecule has 0 aliphatic heterocycles. The van der Waals surface area contributed by atoms with Crippen LogP contribution in [0.3, 0.4) is 0 Å². The van der Waals surface area contributed by atoms with Gasteiger partial charge in [0.1, 0.15) is 10.6 Å². The fraction of sp³-hybridized carbons (Fsp3) is 0.333. The molecule has 0 spiro atoms. The number of ether oxygens (including phenoxy) is 1. The van der Waals surface area contributed by atoms with Crippen molar-refractivity contribution in [3.8, 4) is 17.1 Å². The molecule has 1 atom stereocenters. The summed E-state index contributed by atoms with van der Waals surface area (Å²) >= 11 is 6.06. The Labute approximate surface area is 181 Å². The van der Waals surface area contributed by atoms with Crippen LogP contribution < -0.4 is 4.74 Å². The topological polar surface area (TPSA) is 85.5 Å². The summed E-state index contributed by atoms with van der Waals surface area (Å²) in [6.07, 6.45) is 0.598. The summed E-state index contributed by atoms with van der Waals surface area (Å²) in [5.74, 6) is 0.834. The number of nitrogens with zero attached hydrogens (tertiary/aromatic N) is 3. The Kier molecular flexibility index (Phi) is 6.80. The number of aryl methyl sites for hydroxylation is 1. The molecule has 0 saturated carbocycles. The number of aromatic nitrogens is 2. The van der Waals surface area contributed by atoms with Crippen molar-refractivity contribution in [3.05, 3.63) is 58.9 Å². The molecule has 0 amide bonds. The monoisotopic (exact) mass is 449 g/mol. The Bertz CT molecular complexity index is 1110. The van der Waals surface area contributed by atoms with Gasteiger partial charge in [-0.05, 0) is 38.5 Å². The predicted octanol–water partition coefficient (Wildman–Crippen LogP) is 4.70. The van der Waals surface area contributed by atoms with E-state index in [1.807, 2.05) is 45.0 Å². The normalized spacial score (nSPS) is 12.9. The van der Waals surface area contributed by atoms with Crippen molar-refractivity contribution in [2.24, 2.45) is 0 Å². The Morgan fingerprint density at radius 2 is 1.90 bits per heavy atom. The van der Waals surface area contributed by atoms with Gasteiger partial charge in [-0.2, -0.15) is 9.29 Å². The van der Waals surface area contributed by atoms with E-state index in [0.717, 1.165) is 11.1 Å². The van der Waals surface area contributed by atoms with E-state index in [9.17, 15) is 8.42 Å². The predicted molar refractivity (Wildman–Crippen MR) is 115 cm³/mol. The zero-order chi connectivity index (χ0) is 21.9. The van der Waals surface area contributed by atoms with Crippen molar-refractivity contribution >= 4 is 21.6 Å². The molecule has 9 heteroatoms. The standard InChI is InChI=1S/C21H24ClN3O4S/c1-5-15(3)25(30(26,27)19-12-17(22)10-11-18(19)28-4)13-20-23-21(24-29-20)16-8-6-14(2)7-9-16/h6-12,15H,5,13H2,1-4H3/t15-/m1/s1. The lowest BCUT2D eigenvalue weighted by molar-refractivity contribution is 0.271. The van der Waals surface area contributed by atoms with Crippen LogP contribution in [0.2, 0.25) is 5.02 Å². The lowest BCUT2D eigenvalue weighted by atomic mass is 10.1. The quantitative estimate of drug-likeness (QED) is 0.495. The third-order valence-electron chi connectivity index (χ3n) is 4.86. The highest BCUT2D eigenvalue weighted by Crippen LogP contribution is 2.32. The van der Waals surface area contributed by atoms with Crippen molar-refractivity contribution in [3.63, 3.8) is 0 Å². The summed E-state index contributed by atoms with van der Waals surface area (Å²) in [5, 5.41) is 4.31.